The topological polar surface area (TPSA) is 44.8 Å². The zero-order chi connectivity index (χ0) is 20.6. The number of allylic oxidation sites excluding steroid dienone is 1. The van der Waals surface area contributed by atoms with E-state index in [1.807, 2.05) is 42.5 Å². The minimum atomic E-state index is -0.0730. The Morgan fingerprint density at radius 1 is 0.897 bits per heavy atom. The van der Waals surface area contributed by atoms with Crippen molar-refractivity contribution in [1.29, 1.82) is 0 Å². The first kappa shape index (κ1) is 20.7. The molecule has 0 spiro atoms. The summed E-state index contributed by atoms with van der Waals surface area (Å²) in [7, 11) is 3.22. The van der Waals surface area contributed by atoms with Gasteiger partial charge in [-0.15, -0.1) is 0 Å². The Morgan fingerprint density at radius 2 is 1.59 bits per heavy atom. The fraction of sp³-hybridized carbons (Fsp3) is 0.125. The molecule has 29 heavy (non-hydrogen) atoms. The normalized spacial score (nSPS) is 10.7. The van der Waals surface area contributed by atoms with Gasteiger partial charge in [0.2, 0.25) is 0 Å². The van der Waals surface area contributed by atoms with E-state index in [1.54, 1.807) is 50.6 Å². The smallest absolute Gasteiger partial charge is 0.185 e. The summed E-state index contributed by atoms with van der Waals surface area (Å²) in [4.78, 5) is 12.4. The van der Waals surface area contributed by atoms with E-state index < -0.39 is 0 Å². The zero-order valence-electron chi connectivity index (χ0n) is 16.2. The molecule has 0 unspecified atom stereocenters. The van der Waals surface area contributed by atoms with Gasteiger partial charge in [-0.25, -0.2) is 0 Å². The van der Waals surface area contributed by atoms with Crippen molar-refractivity contribution in [3.05, 3.63) is 94.0 Å². The molecule has 3 aromatic rings. The third kappa shape index (κ3) is 5.72. The monoisotopic (exact) mass is 452 g/mol. The first-order valence-electron chi connectivity index (χ1n) is 9.01. The Balaban J connectivity index is 1.72. The number of rotatable bonds is 8. The van der Waals surface area contributed by atoms with Crippen LogP contribution >= 0.6 is 15.9 Å². The molecule has 0 amide bonds. The Kier molecular flexibility index (Phi) is 7.09. The van der Waals surface area contributed by atoms with Gasteiger partial charge in [-0.3, -0.25) is 4.79 Å². The molecule has 3 aromatic carbocycles. The van der Waals surface area contributed by atoms with Gasteiger partial charge in [-0.1, -0.05) is 28.1 Å². The van der Waals surface area contributed by atoms with Gasteiger partial charge in [-0.05, 0) is 72.3 Å². The lowest BCUT2D eigenvalue weighted by molar-refractivity contribution is 0.104. The van der Waals surface area contributed by atoms with Crippen LogP contribution in [0.15, 0.2) is 77.3 Å². The van der Waals surface area contributed by atoms with Crippen molar-refractivity contribution >= 4 is 27.8 Å². The first-order valence-corrected chi connectivity index (χ1v) is 9.80. The van der Waals surface area contributed by atoms with Gasteiger partial charge in [0.15, 0.2) is 5.78 Å². The number of benzene rings is 3. The molecule has 0 N–H and O–H groups in total. The van der Waals surface area contributed by atoms with Crippen LogP contribution in [0.1, 0.15) is 21.5 Å². The van der Waals surface area contributed by atoms with E-state index in [4.69, 9.17) is 14.2 Å². The van der Waals surface area contributed by atoms with Crippen LogP contribution in [0.2, 0.25) is 0 Å². The van der Waals surface area contributed by atoms with Gasteiger partial charge in [-0.2, -0.15) is 0 Å². The summed E-state index contributed by atoms with van der Waals surface area (Å²) in [5.41, 5.74) is 2.39. The van der Waals surface area contributed by atoms with E-state index in [2.05, 4.69) is 15.9 Å². The van der Waals surface area contributed by atoms with Crippen LogP contribution in [-0.4, -0.2) is 20.0 Å². The van der Waals surface area contributed by atoms with Crippen LogP contribution in [0.25, 0.3) is 6.08 Å². The lowest BCUT2D eigenvalue weighted by atomic mass is 10.1. The third-order valence-electron chi connectivity index (χ3n) is 4.31. The molecule has 0 aliphatic carbocycles. The maximum atomic E-state index is 12.4. The van der Waals surface area contributed by atoms with E-state index >= 15 is 0 Å². The first-order chi connectivity index (χ1) is 14.1. The summed E-state index contributed by atoms with van der Waals surface area (Å²) in [6.45, 7) is 0.360. The molecule has 0 atom stereocenters. The van der Waals surface area contributed by atoms with Gasteiger partial charge >= 0.3 is 0 Å². The Labute approximate surface area is 178 Å². The highest BCUT2D eigenvalue weighted by Gasteiger charge is 2.06. The van der Waals surface area contributed by atoms with Crippen molar-refractivity contribution in [3.63, 3.8) is 0 Å². The standard InChI is InChI=1S/C24H21BrO4/c1-27-21-9-5-18(6-10-21)23(26)13-3-17-4-14-24(28-2)19(15-17)16-29-22-11-7-20(25)8-12-22/h3-15H,16H2,1-2H3/b13-3+. The molecule has 0 aliphatic rings. The molecular formula is C24H21BrO4. The van der Waals surface area contributed by atoms with E-state index in [-0.39, 0.29) is 5.78 Å². The van der Waals surface area contributed by atoms with Crippen molar-refractivity contribution in [1.82, 2.24) is 0 Å². The molecule has 0 aromatic heterocycles. The molecule has 4 nitrogen and oxygen atoms in total. The maximum absolute atomic E-state index is 12.4. The minimum absolute atomic E-state index is 0.0730. The predicted molar refractivity (Wildman–Crippen MR) is 118 cm³/mol. The average molecular weight is 453 g/mol. The van der Waals surface area contributed by atoms with Crippen LogP contribution < -0.4 is 14.2 Å². The summed E-state index contributed by atoms with van der Waals surface area (Å²) < 4.78 is 17.4. The van der Waals surface area contributed by atoms with Crippen LogP contribution in [0.3, 0.4) is 0 Å². The van der Waals surface area contributed by atoms with Crippen LogP contribution in [0.4, 0.5) is 0 Å². The van der Waals surface area contributed by atoms with Crippen molar-refractivity contribution < 1.29 is 19.0 Å². The lowest BCUT2D eigenvalue weighted by Crippen LogP contribution is -1.99. The van der Waals surface area contributed by atoms with Gasteiger partial charge in [0.25, 0.3) is 0 Å². The van der Waals surface area contributed by atoms with Gasteiger partial charge < -0.3 is 14.2 Å². The molecule has 0 bridgehead atoms. The molecular weight excluding hydrogens is 432 g/mol. The third-order valence-corrected chi connectivity index (χ3v) is 4.84. The van der Waals surface area contributed by atoms with Gasteiger partial charge in [0.1, 0.15) is 23.9 Å². The number of ketones is 1. The summed E-state index contributed by atoms with van der Waals surface area (Å²) >= 11 is 3.41. The summed E-state index contributed by atoms with van der Waals surface area (Å²) in [5.74, 6) is 2.15. The van der Waals surface area contributed by atoms with E-state index in [9.17, 15) is 4.79 Å². The highest BCUT2D eigenvalue weighted by molar-refractivity contribution is 9.10. The van der Waals surface area contributed by atoms with E-state index in [1.165, 1.54) is 0 Å². The van der Waals surface area contributed by atoms with E-state index in [0.29, 0.717) is 12.2 Å². The lowest BCUT2D eigenvalue weighted by Gasteiger charge is -2.11. The van der Waals surface area contributed by atoms with Crippen molar-refractivity contribution in [2.75, 3.05) is 14.2 Å². The Bertz CT molecular complexity index is 992. The second-order valence-corrected chi connectivity index (χ2v) is 7.16. The Hall–Kier alpha value is -3.05. The number of methoxy groups -OCH3 is 2. The summed E-state index contributed by atoms with van der Waals surface area (Å²) in [5, 5.41) is 0. The molecule has 0 saturated heterocycles. The Morgan fingerprint density at radius 3 is 2.24 bits per heavy atom. The molecule has 148 valence electrons. The van der Waals surface area contributed by atoms with Crippen molar-refractivity contribution in [3.8, 4) is 17.2 Å². The van der Waals surface area contributed by atoms with Gasteiger partial charge in [0, 0.05) is 15.6 Å². The largest absolute Gasteiger partial charge is 0.497 e. The fourth-order valence-corrected chi connectivity index (χ4v) is 2.99. The number of carbonyl (C=O) groups excluding carboxylic acids is 1. The number of hydrogen-bond donors (Lipinski definition) is 0. The predicted octanol–water partition coefficient (Wildman–Crippen LogP) is 5.94. The zero-order valence-corrected chi connectivity index (χ0v) is 17.8. The van der Waals surface area contributed by atoms with Crippen molar-refractivity contribution in [2.24, 2.45) is 0 Å². The quantitative estimate of drug-likeness (QED) is 0.313. The fourth-order valence-electron chi connectivity index (χ4n) is 2.73. The van der Waals surface area contributed by atoms with E-state index in [0.717, 1.165) is 32.8 Å². The number of halogens is 1. The number of hydrogen-bond acceptors (Lipinski definition) is 4. The minimum Gasteiger partial charge on any atom is -0.497 e. The molecule has 0 saturated carbocycles. The van der Waals surface area contributed by atoms with Gasteiger partial charge in [0.05, 0.1) is 14.2 Å². The molecule has 5 heteroatoms. The summed E-state index contributed by atoms with van der Waals surface area (Å²) in [6.07, 6.45) is 3.35. The van der Waals surface area contributed by atoms with Crippen molar-refractivity contribution in [2.45, 2.75) is 6.61 Å². The molecule has 0 radical (unpaired) electrons. The SMILES string of the molecule is COc1ccc(C(=O)/C=C/c2ccc(OC)c(COc3ccc(Br)cc3)c2)cc1. The summed E-state index contributed by atoms with van der Waals surface area (Å²) in [6, 6.07) is 20.4. The molecule has 0 aliphatic heterocycles. The van der Waals surface area contributed by atoms with Crippen LogP contribution in [0, 0.1) is 0 Å². The number of carbonyl (C=O) groups is 1. The van der Waals surface area contributed by atoms with Crippen LogP contribution in [-0.2, 0) is 6.61 Å². The maximum Gasteiger partial charge on any atom is 0.185 e. The molecule has 0 heterocycles. The average Bonchev–Trinajstić information content (AvgIpc) is 2.77. The van der Waals surface area contributed by atoms with Crippen LogP contribution in [0.5, 0.6) is 17.2 Å². The second kappa shape index (κ2) is 9.94. The highest BCUT2D eigenvalue weighted by Crippen LogP contribution is 2.24. The molecule has 3 rings (SSSR count). The molecule has 0 fully saturated rings. The number of ether oxygens (including phenoxy) is 3. The highest BCUT2D eigenvalue weighted by atomic mass is 79.9. The second-order valence-electron chi connectivity index (χ2n) is 6.24.